The molecule has 2 aromatic heterocycles. The predicted octanol–water partition coefficient (Wildman–Crippen LogP) is 10.6. The molecule has 0 saturated heterocycles. The summed E-state index contributed by atoms with van der Waals surface area (Å²) < 4.78 is 11.3. The number of hydrogen-bond donors (Lipinski definition) is 0. The largest absolute Gasteiger partial charge is 0.455 e. The van der Waals surface area contributed by atoms with E-state index in [0.717, 1.165) is 78.6 Å². The van der Waals surface area contributed by atoms with Gasteiger partial charge in [0.1, 0.15) is 23.1 Å². The van der Waals surface area contributed by atoms with Crippen LogP contribution in [0.5, 0.6) is 11.5 Å². The second-order valence-electron chi connectivity index (χ2n) is 13.2. The fourth-order valence-corrected chi connectivity index (χ4v) is 7.39. The van der Waals surface area contributed by atoms with Gasteiger partial charge in [-0.3, -0.25) is 0 Å². The molecule has 5 nitrogen and oxygen atoms in total. The van der Waals surface area contributed by atoms with E-state index >= 15 is 0 Å². The van der Waals surface area contributed by atoms with Crippen molar-refractivity contribution in [3.63, 3.8) is 0 Å². The Morgan fingerprint density at radius 2 is 0.854 bits per heavy atom. The zero-order chi connectivity index (χ0) is 32.6. The number of fused-ring (bicyclic) bond motifs is 4. The molecule has 0 saturated carbocycles. The highest BCUT2D eigenvalue weighted by atomic mass is 16.5. The first-order chi connectivity index (χ1) is 23.4. The van der Waals surface area contributed by atoms with Crippen molar-refractivity contribution in [2.24, 2.45) is 14.1 Å². The van der Waals surface area contributed by atoms with Gasteiger partial charge in [0.25, 0.3) is 0 Å². The Morgan fingerprint density at radius 1 is 0.458 bits per heavy atom. The van der Waals surface area contributed by atoms with Crippen molar-refractivity contribution in [3.8, 4) is 56.5 Å². The van der Waals surface area contributed by atoms with Crippen LogP contribution >= 0.6 is 0 Å². The maximum Gasteiger partial charge on any atom is 0.140 e. The van der Waals surface area contributed by atoms with Crippen LogP contribution in [0.15, 0.2) is 133 Å². The fourth-order valence-electron chi connectivity index (χ4n) is 7.39. The van der Waals surface area contributed by atoms with E-state index in [2.05, 4.69) is 158 Å². The highest BCUT2D eigenvalue weighted by Crippen LogP contribution is 2.54. The molecule has 9 rings (SSSR count). The number of imidazole rings is 2. The lowest BCUT2D eigenvalue weighted by Gasteiger charge is -2.36. The minimum absolute atomic E-state index is 0.255. The molecule has 232 valence electrons. The normalized spacial score (nSPS) is 13.3. The van der Waals surface area contributed by atoms with Gasteiger partial charge < -0.3 is 13.9 Å². The number of hydrogen-bond acceptors (Lipinski definition) is 3. The molecule has 1 aliphatic rings. The van der Waals surface area contributed by atoms with E-state index in [1.54, 1.807) is 0 Å². The molecule has 0 amide bonds. The van der Waals surface area contributed by atoms with Gasteiger partial charge in [0.05, 0.1) is 22.1 Å². The zero-order valence-corrected chi connectivity index (χ0v) is 27.4. The SMILES string of the molecule is Cn1c(-c2ccc(-c3cccc4c3Oc3c(-c5ccc(-c6nc7ccccc7n6C)cc5)cccc3C4(C)C)cc2)nc2ccccc21. The minimum atomic E-state index is -0.255. The van der Waals surface area contributed by atoms with Gasteiger partial charge in [0.15, 0.2) is 0 Å². The quantitative estimate of drug-likeness (QED) is 0.196. The van der Waals surface area contributed by atoms with Crippen molar-refractivity contribution in [2.45, 2.75) is 19.3 Å². The van der Waals surface area contributed by atoms with Crippen LogP contribution < -0.4 is 4.74 Å². The molecule has 5 heteroatoms. The van der Waals surface area contributed by atoms with Gasteiger partial charge in [-0.15, -0.1) is 0 Å². The van der Waals surface area contributed by atoms with Crippen molar-refractivity contribution in [1.29, 1.82) is 0 Å². The summed E-state index contributed by atoms with van der Waals surface area (Å²) in [6.45, 7) is 4.59. The molecular formula is C43H34N4O. The summed E-state index contributed by atoms with van der Waals surface area (Å²) in [6.07, 6.45) is 0. The van der Waals surface area contributed by atoms with Crippen LogP contribution in [0.2, 0.25) is 0 Å². The smallest absolute Gasteiger partial charge is 0.140 e. The standard InChI is InChI=1S/C43H34N4O/c1-43(2)33-13-9-11-31(27-19-23-29(24-20-27)41-44-35-15-5-7-17-37(35)46(41)3)39(33)48-40-32(12-10-14-34(40)43)28-21-25-30(26-22-28)42-45-36-16-6-8-18-38(36)47(42)4/h5-26H,1-4H3. The summed E-state index contributed by atoms with van der Waals surface area (Å²) in [5.74, 6) is 3.73. The number of aromatic nitrogens is 4. The monoisotopic (exact) mass is 622 g/mol. The molecule has 0 fully saturated rings. The topological polar surface area (TPSA) is 44.9 Å². The predicted molar refractivity (Wildman–Crippen MR) is 195 cm³/mol. The van der Waals surface area contributed by atoms with Gasteiger partial charge in [-0.2, -0.15) is 0 Å². The number of aryl methyl sites for hydroxylation is 2. The van der Waals surface area contributed by atoms with E-state index in [-0.39, 0.29) is 5.41 Å². The maximum atomic E-state index is 7.00. The highest BCUT2D eigenvalue weighted by Gasteiger charge is 2.37. The van der Waals surface area contributed by atoms with Gasteiger partial charge in [-0.05, 0) is 35.4 Å². The van der Waals surface area contributed by atoms with Gasteiger partial charge in [0, 0.05) is 52.9 Å². The van der Waals surface area contributed by atoms with Crippen LogP contribution in [-0.4, -0.2) is 19.1 Å². The van der Waals surface area contributed by atoms with Crippen LogP contribution in [-0.2, 0) is 19.5 Å². The summed E-state index contributed by atoms with van der Waals surface area (Å²) in [5, 5.41) is 0. The van der Waals surface area contributed by atoms with Crippen LogP contribution in [0.1, 0.15) is 25.0 Å². The maximum absolute atomic E-state index is 7.00. The molecule has 3 heterocycles. The van der Waals surface area contributed by atoms with Gasteiger partial charge >= 0.3 is 0 Å². The molecule has 1 aliphatic heterocycles. The molecule has 0 atom stereocenters. The van der Waals surface area contributed by atoms with Crippen LogP contribution in [0, 0.1) is 0 Å². The van der Waals surface area contributed by atoms with Crippen LogP contribution in [0.25, 0.3) is 67.1 Å². The van der Waals surface area contributed by atoms with Crippen LogP contribution in [0.3, 0.4) is 0 Å². The molecule has 0 bridgehead atoms. The van der Waals surface area contributed by atoms with Crippen molar-refractivity contribution >= 4 is 22.1 Å². The Kier molecular flexibility index (Phi) is 6.21. The summed E-state index contributed by atoms with van der Waals surface area (Å²) >= 11 is 0. The third kappa shape index (κ3) is 4.24. The lowest BCUT2D eigenvalue weighted by molar-refractivity contribution is 0.421. The van der Waals surface area contributed by atoms with Gasteiger partial charge in [0.2, 0.25) is 0 Å². The lowest BCUT2D eigenvalue weighted by atomic mass is 9.74. The Hall–Kier alpha value is -5.94. The Morgan fingerprint density at radius 3 is 1.27 bits per heavy atom. The first kappa shape index (κ1) is 28.3. The molecule has 0 radical (unpaired) electrons. The number of ether oxygens (including phenoxy) is 1. The molecule has 8 aromatic rings. The average molecular weight is 623 g/mol. The van der Waals surface area contributed by atoms with E-state index in [1.807, 2.05) is 12.1 Å². The molecule has 0 aliphatic carbocycles. The molecule has 48 heavy (non-hydrogen) atoms. The lowest BCUT2D eigenvalue weighted by Crippen LogP contribution is -2.25. The molecule has 0 spiro atoms. The van der Waals surface area contributed by atoms with E-state index in [9.17, 15) is 0 Å². The number of rotatable bonds is 4. The number of nitrogens with zero attached hydrogens (tertiary/aromatic N) is 4. The summed E-state index contributed by atoms with van der Waals surface area (Å²) in [7, 11) is 4.15. The zero-order valence-electron chi connectivity index (χ0n) is 27.4. The fraction of sp³-hybridized carbons (Fsp3) is 0.116. The van der Waals surface area contributed by atoms with E-state index < -0.39 is 0 Å². The first-order valence-corrected chi connectivity index (χ1v) is 16.4. The highest BCUT2D eigenvalue weighted by molar-refractivity contribution is 5.85. The summed E-state index contributed by atoms with van der Waals surface area (Å²) in [4.78, 5) is 9.82. The summed E-state index contributed by atoms with van der Waals surface area (Å²) in [6, 6.07) is 46.9. The van der Waals surface area contributed by atoms with Gasteiger partial charge in [-0.1, -0.05) is 123 Å². The summed E-state index contributed by atoms with van der Waals surface area (Å²) in [5.41, 5.74) is 12.9. The molecule has 0 N–H and O–H groups in total. The van der Waals surface area contributed by atoms with Gasteiger partial charge in [-0.25, -0.2) is 9.97 Å². The van der Waals surface area contributed by atoms with E-state index in [4.69, 9.17) is 14.7 Å². The third-order valence-corrected chi connectivity index (χ3v) is 10.1. The Balaban J connectivity index is 1.09. The number of benzene rings is 6. The van der Waals surface area contributed by atoms with Crippen LogP contribution in [0.4, 0.5) is 0 Å². The van der Waals surface area contributed by atoms with E-state index in [0.29, 0.717) is 0 Å². The van der Waals surface area contributed by atoms with Crippen molar-refractivity contribution in [3.05, 3.63) is 145 Å². The second kappa shape index (κ2) is 10.5. The number of para-hydroxylation sites is 6. The first-order valence-electron chi connectivity index (χ1n) is 16.4. The van der Waals surface area contributed by atoms with Crippen molar-refractivity contribution in [1.82, 2.24) is 19.1 Å². The Labute approximate surface area is 279 Å². The third-order valence-electron chi connectivity index (χ3n) is 10.1. The molecule has 0 unspecified atom stereocenters. The average Bonchev–Trinajstić information content (AvgIpc) is 3.64. The van der Waals surface area contributed by atoms with E-state index in [1.165, 1.54) is 11.1 Å². The molecule has 6 aromatic carbocycles. The second-order valence-corrected chi connectivity index (χ2v) is 13.2. The van der Waals surface area contributed by atoms with Crippen molar-refractivity contribution < 1.29 is 4.74 Å². The minimum Gasteiger partial charge on any atom is -0.455 e. The Bertz CT molecular complexity index is 2340. The molecular weight excluding hydrogens is 589 g/mol. The van der Waals surface area contributed by atoms with Crippen molar-refractivity contribution in [2.75, 3.05) is 0 Å².